The molecule has 16 heavy (non-hydrogen) atoms. The number of allylic oxidation sites excluding steroid dienone is 4. The van der Waals surface area contributed by atoms with Crippen molar-refractivity contribution in [1.82, 2.24) is 0 Å². The summed E-state index contributed by atoms with van der Waals surface area (Å²) in [7, 11) is 0. The molecule has 0 saturated heterocycles. The topological polar surface area (TPSA) is 0 Å². The average Bonchev–Trinajstić information content (AvgIpc) is 2.34. The van der Waals surface area contributed by atoms with E-state index in [2.05, 4.69) is 51.3 Å². The number of hydrogen-bond acceptors (Lipinski definition) is 0. The van der Waals surface area contributed by atoms with Gasteiger partial charge in [0.1, 0.15) is 0 Å². The standard InChI is InChI=1S/C16H20/c1-5-7-10-13(3)14(4)16-12-9-8-11-15(16)6-2/h5,7-12,14H,1,3,6H2,2,4H3/b10-7-. The molecule has 1 aromatic rings. The number of rotatable bonds is 5. The smallest absolute Gasteiger partial charge is 0.00578 e. The fraction of sp³-hybridized carbons (Fsp3) is 0.250. The van der Waals surface area contributed by atoms with Crippen molar-refractivity contribution in [1.29, 1.82) is 0 Å². The summed E-state index contributed by atoms with van der Waals surface area (Å²) in [6.07, 6.45) is 6.82. The summed E-state index contributed by atoms with van der Waals surface area (Å²) in [4.78, 5) is 0. The molecule has 0 spiro atoms. The van der Waals surface area contributed by atoms with Crippen molar-refractivity contribution in [3.8, 4) is 0 Å². The molecule has 1 atom stereocenters. The largest absolute Gasteiger partial charge is 0.0991 e. The van der Waals surface area contributed by atoms with Crippen LogP contribution in [0.25, 0.3) is 0 Å². The first kappa shape index (κ1) is 12.5. The number of hydrogen-bond donors (Lipinski definition) is 0. The first-order chi connectivity index (χ1) is 7.70. The van der Waals surface area contributed by atoms with Crippen LogP contribution in [0.3, 0.4) is 0 Å². The Morgan fingerprint density at radius 3 is 2.69 bits per heavy atom. The van der Waals surface area contributed by atoms with Crippen molar-refractivity contribution in [3.05, 3.63) is 72.4 Å². The Bertz CT molecular complexity index is 396. The van der Waals surface area contributed by atoms with Gasteiger partial charge >= 0.3 is 0 Å². The van der Waals surface area contributed by atoms with Crippen LogP contribution < -0.4 is 0 Å². The molecule has 1 rings (SSSR count). The monoisotopic (exact) mass is 212 g/mol. The van der Waals surface area contributed by atoms with Gasteiger partial charge < -0.3 is 0 Å². The van der Waals surface area contributed by atoms with E-state index in [4.69, 9.17) is 0 Å². The van der Waals surface area contributed by atoms with Crippen LogP contribution >= 0.6 is 0 Å². The molecular formula is C16H20. The third-order valence-electron chi connectivity index (χ3n) is 2.91. The van der Waals surface area contributed by atoms with Gasteiger partial charge in [0.2, 0.25) is 0 Å². The Kier molecular flexibility index (Phi) is 4.78. The van der Waals surface area contributed by atoms with Gasteiger partial charge in [0.15, 0.2) is 0 Å². The maximum absolute atomic E-state index is 4.11. The predicted octanol–water partition coefficient (Wildman–Crippen LogP) is 4.65. The third kappa shape index (κ3) is 2.96. The van der Waals surface area contributed by atoms with E-state index in [-0.39, 0.29) is 0 Å². The van der Waals surface area contributed by atoms with E-state index < -0.39 is 0 Å². The minimum Gasteiger partial charge on any atom is -0.0991 e. The molecule has 1 aromatic carbocycles. The second kappa shape index (κ2) is 6.12. The molecule has 0 bridgehead atoms. The van der Waals surface area contributed by atoms with E-state index in [1.54, 1.807) is 6.08 Å². The van der Waals surface area contributed by atoms with Gasteiger partial charge in [-0.1, -0.05) is 69.5 Å². The highest BCUT2D eigenvalue weighted by Crippen LogP contribution is 2.26. The summed E-state index contributed by atoms with van der Waals surface area (Å²) in [5.74, 6) is 0.368. The molecule has 0 aliphatic heterocycles. The van der Waals surface area contributed by atoms with E-state index >= 15 is 0 Å². The van der Waals surface area contributed by atoms with Crippen LogP contribution in [0.4, 0.5) is 0 Å². The summed E-state index contributed by atoms with van der Waals surface area (Å²) in [6, 6.07) is 8.57. The van der Waals surface area contributed by atoms with Gasteiger partial charge in [0.25, 0.3) is 0 Å². The lowest BCUT2D eigenvalue weighted by Crippen LogP contribution is -1.99. The van der Waals surface area contributed by atoms with Crippen LogP contribution in [-0.4, -0.2) is 0 Å². The fourth-order valence-electron chi connectivity index (χ4n) is 1.81. The van der Waals surface area contributed by atoms with Crippen LogP contribution in [0.15, 0.2) is 61.2 Å². The molecule has 0 amide bonds. The van der Waals surface area contributed by atoms with E-state index in [1.807, 2.05) is 12.2 Å². The average molecular weight is 212 g/mol. The van der Waals surface area contributed by atoms with E-state index in [9.17, 15) is 0 Å². The number of benzene rings is 1. The van der Waals surface area contributed by atoms with Gasteiger partial charge in [-0.15, -0.1) is 0 Å². The SMILES string of the molecule is C=C/C=C\C(=C)C(C)c1ccccc1CC. The molecular weight excluding hydrogens is 192 g/mol. The van der Waals surface area contributed by atoms with Crippen molar-refractivity contribution >= 4 is 0 Å². The molecule has 0 N–H and O–H groups in total. The van der Waals surface area contributed by atoms with Crippen molar-refractivity contribution in [2.75, 3.05) is 0 Å². The van der Waals surface area contributed by atoms with Gasteiger partial charge in [0, 0.05) is 5.92 Å². The van der Waals surface area contributed by atoms with Crippen LogP contribution in [0, 0.1) is 0 Å². The highest BCUT2D eigenvalue weighted by atomic mass is 14.1. The molecule has 0 nitrogen and oxygen atoms in total. The zero-order valence-corrected chi connectivity index (χ0v) is 10.2. The summed E-state index contributed by atoms with van der Waals surface area (Å²) in [5.41, 5.74) is 3.91. The summed E-state index contributed by atoms with van der Waals surface area (Å²) in [6.45, 7) is 12.2. The molecule has 0 aliphatic rings. The van der Waals surface area contributed by atoms with Gasteiger partial charge in [-0.3, -0.25) is 0 Å². The Balaban J connectivity index is 2.95. The Hall–Kier alpha value is -1.56. The second-order valence-electron chi connectivity index (χ2n) is 3.94. The molecule has 84 valence electrons. The summed E-state index contributed by atoms with van der Waals surface area (Å²) >= 11 is 0. The van der Waals surface area contributed by atoms with Gasteiger partial charge in [-0.25, -0.2) is 0 Å². The first-order valence-corrected chi connectivity index (χ1v) is 5.76. The molecule has 0 fully saturated rings. The Morgan fingerprint density at radius 2 is 2.06 bits per heavy atom. The van der Waals surface area contributed by atoms with Crippen molar-refractivity contribution in [3.63, 3.8) is 0 Å². The minimum absolute atomic E-state index is 0.368. The maximum atomic E-state index is 4.11. The summed E-state index contributed by atoms with van der Waals surface area (Å²) < 4.78 is 0. The summed E-state index contributed by atoms with van der Waals surface area (Å²) in [5, 5.41) is 0. The van der Waals surface area contributed by atoms with Gasteiger partial charge in [-0.05, 0) is 23.1 Å². The van der Waals surface area contributed by atoms with E-state index in [1.165, 1.54) is 11.1 Å². The van der Waals surface area contributed by atoms with E-state index in [0.29, 0.717) is 5.92 Å². The highest BCUT2D eigenvalue weighted by molar-refractivity contribution is 5.38. The van der Waals surface area contributed by atoms with Crippen molar-refractivity contribution < 1.29 is 0 Å². The number of aryl methyl sites for hydroxylation is 1. The van der Waals surface area contributed by atoms with E-state index in [0.717, 1.165) is 12.0 Å². The molecule has 0 aliphatic carbocycles. The Morgan fingerprint density at radius 1 is 1.38 bits per heavy atom. The molecule has 0 saturated carbocycles. The molecule has 1 unspecified atom stereocenters. The quantitative estimate of drug-likeness (QED) is 0.623. The van der Waals surface area contributed by atoms with Crippen LogP contribution in [0.5, 0.6) is 0 Å². The lowest BCUT2D eigenvalue weighted by molar-refractivity contribution is 0.896. The van der Waals surface area contributed by atoms with Crippen LogP contribution in [0.1, 0.15) is 30.9 Å². The Labute approximate surface area is 99.0 Å². The predicted molar refractivity (Wildman–Crippen MR) is 72.7 cm³/mol. The highest BCUT2D eigenvalue weighted by Gasteiger charge is 2.10. The normalized spacial score (nSPS) is 12.6. The molecule has 0 radical (unpaired) electrons. The lowest BCUT2D eigenvalue weighted by atomic mass is 9.89. The first-order valence-electron chi connectivity index (χ1n) is 5.76. The van der Waals surface area contributed by atoms with Crippen molar-refractivity contribution in [2.24, 2.45) is 0 Å². The fourth-order valence-corrected chi connectivity index (χ4v) is 1.81. The molecule has 0 aromatic heterocycles. The zero-order valence-electron chi connectivity index (χ0n) is 10.2. The zero-order chi connectivity index (χ0) is 12.0. The van der Waals surface area contributed by atoms with Crippen LogP contribution in [0.2, 0.25) is 0 Å². The lowest BCUT2D eigenvalue weighted by Gasteiger charge is -2.16. The third-order valence-corrected chi connectivity index (χ3v) is 2.91. The molecule has 0 heterocycles. The van der Waals surface area contributed by atoms with Gasteiger partial charge in [-0.2, -0.15) is 0 Å². The van der Waals surface area contributed by atoms with Crippen LogP contribution in [-0.2, 0) is 6.42 Å². The maximum Gasteiger partial charge on any atom is 0.00578 e. The minimum atomic E-state index is 0.368. The second-order valence-corrected chi connectivity index (χ2v) is 3.94. The van der Waals surface area contributed by atoms with Gasteiger partial charge in [0.05, 0.1) is 0 Å². The van der Waals surface area contributed by atoms with Crippen molar-refractivity contribution in [2.45, 2.75) is 26.2 Å². The molecule has 0 heteroatoms.